The van der Waals surface area contributed by atoms with Crippen LogP contribution in [0.5, 0.6) is 0 Å². The fourth-order valence-corrected chi connectivity index (χ4v) is 2.33. The Hall–Kier alpha value is -1.03. The van der Waals surface area contributed by atoms with Crippen LogP contribution in [-0.4, -0.2) is 23.6 Å². The van der Waals surface area contributed by atoms with E-state index in [0.29, 0.717) is 0 Å². The van der Waals surface area contributed by atoms with Crippen LogP contribution in [0.2, 0.25) is 0 Å². The lowest BCUT2D eigenvalue weighted by molar-refractivity contribution is 0.421. The molecule has 1 atom stereocenters. The van der Waals surface area contributed by atoms with Gasteiger partial charge in [-0.05, 0) is 46.0 Å². The summed E-state index contributed by atoms with van der Waals surface area (Å²) in [6.07, 6.45) is 5.56. The summed E-state index contributed by atoms with van der Waals surface area (Å²) in [5.41, 5.74) is 1.10. The van der Waals surface area contributed by atoms with Crippen molar-refractivity contribution in [2.75, 3.05) is 18.0 Å². The summed E-state index contributed by atoms with van der Waals surface area (Å²) < 4.78 is 5.63. The van der Waals surface area contributed by atoms with Crippen LogP contribution in [0.15, 0.2) is 10.7 Å². The van der Waals surface area contributed by atoms with Crippen LogP contribution in [0.4, 0.5) is 6.01 Å². The Morgan fingerprint density at radius 1 is 1.37 bits per heavy atom. The summed E-state index contributed by atoms with van der Waals surface area (Å²) in [6.45, 7) is 11.7. The van der Waals surface area contributed by atoms with Crippen molar-refractivity contribution < 1.29 is 4.42 Å². The van der Waals surface area contributed by atoms with Gasteiger partial charge in [0.1, 0.15) is 6.26 Å². The second-order valence-corrected chi connectivity index (χ2v) is 6.75. The Kier molecular flexibility index (Phi) is 4.50. The van der Waals surface area contributed by atoms with Gasteiger partial charge in [0.05, 0.1) is 5.69 Å². The molecule has 4 heteroatoms. The number of nitrogens with zero attached hydrogens (tertiary/aromatic N) is 2. The fourth-order valence-electron chi connectivity index (χ4n) is 2.33. The molecule has 1 saturated heterocycles. The topological polar surface area (TPSA) is 41.3 Å². The molecule has 1 unspecified atom stereocenters. The maximum absolute atomic E-state index is 5.63. The van der Waals surface area contributed by atoms with E-state index in [0.717, 1.165) is 37.3 Å². The Morgan fingerprint density at radius 3 is 2.89 bits per heavy atom. The molecule has 1 N–H and O–H groups in total. The van der Waals surface area contributed by atoms with E-state index in [1.807, 2.05) is 0 Å². The highest BCUT2D eigenvalue weighted by molar-refractivity contribution is 5.27. The van der Waals surface area contributed by atoms with E-state index < -0.39 is 0 Å². The maximum atomic E-state index is 5.63. The zero-order valence-corrected chi connectivity index (χ0v) is 12.7. The molecule has 1 fully saturated rings. The Morgan fingerprint density at radius 2 is 2.16 bits per heavy atom. The molecule has 4 nitrogen and oxygen atoms in total. The third kappa shape index (κ3) is 4.53. The van der Waals surface area contributed by atoms with Crippen molar-refractivity contribution in [2.24, 2.45) is 5.92 Å². The van der Waals surface area contributed by atoms with E-state index in [2.05, 4.69) is 42.9 Å². The fraction of sp³-hybridized carbons (Fsp3) is 0.800. The van der Waals surface area contributed by atoms with Gasteiger partial charge >= 0.3 is 0 Å². The molecule has 0 bridgehead atoms. The highest BCUT2D eigenvalue weighted by Crippen LogP contribution is 2.22. The predicted octanol–water partition coefficient (Wildman–Crippen LogP) is 3.19. The van der Waals surface area contributed by atoms with E-state index in [9.17, 15) is 0 Å². The van der Waals surface area contributed by atoms with Gasteiger partial charge in [0.2, 0.25) is 0 Å². The molecule has 0 radical (unpaired) electrons. The largest absolute Gasteiger partial charge is 0.432 e. The number of hydrogen-bond donors (Lipinski definition) is 1. The van der Waals surface area contributed by atoms with Gasteiger partial charge in [0.15, 0.2) is 0 Å². The highest BCUT2D eigenvalue weighted by atomic mass is 16.4. The maximum Gasteiger partial charge on any atom is 0.297 e. The van der Waals surface area contributed by atoms with E-state index in [4.69, 9.17) is 4.42 Å². The first-order valence-electron chi connectivity index (χ1n) is 7.38. The minimum Gasteiger partial charge on any atom is -0.432 e. The van der Waals surface area contributed by atoms with Crippen molar-refractivity contribution in [1.82, 2.24) is 10.3 Å². The first-order chi connectivity index (χ1) is 8.94. The molecular weight excluding hydrogens is 238 g/mol. The molecule has 0 aliphatic carbocycles. The van der Waals surface area contributed by atoms with Crippen LogP contribution < -0.4 is 10.2 Å². The van der Waals surface area contributed by atoms with Crippen molar-refractivity contribution in [1.29, 1.82) is 0 Å². The number of rotatable bonds is 3. The molecule has 2 heterocycles. The van der Waals surface area contributed by atoms with Gasteiger partial charge in [-0.25, -0.2) is 0 Å². The second-order valence-electron chi connectivity index (χ2n) is 6.75. The molecule has 1 aliphatic heterocycles. The summed E-state index contributed by atoms with van der Waals surface area (Å²) >= 11 is 0. The molecule has 0 spiro atoms. The van der Waals surface area contributed by atoms with E-state index in [1.165, 1.54) is 19.3 Å². The minimum absolute atomic E-state index is 0.108. The zero-order chi connectivity index (χ0) is 13.9. The number of anilines is 1. The molecule has 108 valence electrons. The average Bonchev–Trinajstić information content (AvgIpc) is 2.69. The van der Waals surface area contributed by atoms with Gasteiger partial charge in [-0.15, -0.1) is 0 Å². The molecule has 1 aromatic heterocycles. The van der Waals surface area contributed by atoms with Crippen molar-refractivity contribution in [2.45, 2.75) is 59.0 Å². The average molecular weight is 265 g/mol. The Labute approximate surface area is 116 Å². The van der Waals surface area contributed by atoms with Gasteiger partial charge in [0, 0.05) is 25.2 Å². The summed E-state index contributed by atoms with van der Waals surface area (Å²) in [4.78, 5) is 6.88. The van der Waals surface area contributed by atoms with Gasteiger partial charge in [-0.2, -0.15) is 4.98 Å². The Balaban J connectivity index is 1.92. The van der Waals surface area contributed by atoms with Gasteiger partial charge in [-0.3, -0.25) is 0 Å². The van der Waals surface area contributed by atoms with Crippen LogP contribution in [0.3, 0.4) is 0 Å². The Bertz CT molecular complexity index is 394. The first kappa shape index (κ1) is 14.4. The van der Waals surface area contributed by atoms with E-state index >= 15 is 0 Å². The summed E-state index contributed by atoms with van der Waals surface area (Å²) in [5.74, 6) is 0.821. The quantitative estimate of drug-likeness (QED) is 0.911. The normalized spacial score (nSPS) is 21.5. The number of hydrogen-bond acceptors (Lipinski definition) is 4. The van der Waals surface area contributed by atoms with Crippen LogP contribution >= 0.6 is 0 Å². The van der Waals surface area contributed by atoms with E-state index in [-0.39, 0.29) is 5.54 Å². The standard InChI is InChI=1S/C15H27N3O/c1-12-6-5-8-18(9-7-12)14-17-13(11-19-14)10-16-15(2,3)4/h11-12,16H,5-10H2,1-4H3. The van der Waals surface area contributed by atoms with Crippen molar-refractivity contribution in [3.05, 3.63) is 12.0 Å². The molecule has 19 heavy (non-hydrogen) atoms. The lowest BCUT2D eigenvalue weighted by Crippen LogP contribution is -2.35. The molecule has 0 saturated carbocycles. The van der Waals surface area contributed by atoms with Gasteiger partial charge in [-0.1, -0.05) is 6.92 Å². The second kappa shape index (κ2) is 5.95. The summed E-state index contributed by atoms with van der Waals surface area (Å²) in [5, 5.41) is 3.43. The number of aromatic nitrogens is 1. The predicted molar refractivity (Wildman–Crippen MR) is 78.3 cm³/mol. The number of nitrogens with one attached hydrogen (secondary N) is 1. The summed E-state index contributed by atoms with van der Waals surface area (Å²) in [6, 6.07) is 0.791. The lowest BCUT2D eigenvalue weighted by atomic mass is 10.0. The SMILES string of the molecule is CC1CCCN(c2nc(CNC(C)(C)C)co2)CC1. The monoisotopic (exact) mass is 265 g/mol. The molecular formula is C15H27N3O. The van der Waals surface area contributed by atoms with Crippen molar-refractivity contribution in [3.63, 3.8) is 0 Å². The van der Waals surface area contributed by atoms with Crippen LogP contribution in [-0.2, 0) is 6.54 Å². The third-order valence-corrected chi connectivity index (χ3v) is 3.63. The molecule has 0 amide bonds. The van der Waals surface area contributed by atoms with Gasteiger partial charge < -0.3 is 14.6 Å². The first-order valence-corrected chi connectivity index (χ1v) is 7.38. The van der Waals surface area contributed by atoms with Crippen LogP contribution in [0.25, 0.3) is 0 Å². The molecule has 2 rings (SSSR count). The van der Waals surface area contributed by atoms with Crippen molar-refractivity contribution >= 4 is 6.01 Å². The smallest absolute Gasteiger partial charge is 0.297 e. The zero-order valence-electron chi connectivity index (χ0n) is 12.7. The lowest BCUT2D eigenvalue weighted by Gasteiger charge is -2.19. The summed E-state index contributed by atoms with van der Waals surface area (Å²) in [7, 11) is 0. The van der Waals surface area contributed by atoms with E-state index in [1.54, 1.807) is 6.26 Å². The molecule has 1 aromatic rings. The minimum atomic E-state index is 0.108. The van der Waals surface area contributed by atoms with Crippen LogP contribution in [0.1, 0.15) is 52.7 Å². The van der Waals surface area contributed by atoms with Crippen molar-refractivity contribution in [3.8, 4) is 0 Å². The number of oxazole rings is 1. The van der Waals surface area contributed by atoms with Gasteiger partial charge in [0.25, 0.3) is 6.01 Å². The third-order valence-electron chi connectivity index (χ3n) is 3.63. The van der Waals surface area contributed by atoms with Crippen LogP contribution in [0, 0.1) is 5.92 Å². The molecule has 1 aliphatic rings. The molecule has 0 aromatic carbocycles. The highest BCUT2D eigenvalue weighted by Gasteiger charge is 2.18.